The molecule has 3 atom stereocenters. The molecule has 2 fully saturated rings. The maximum Gasteiger partial charge on any atom is 0.274 e. The first-order valence-electron chi connectivity index (χ1n) is 11.4. The number of ether oxygens (including phenoxy) is 2. The number of amides is 2. The molecular weight excluding hydrogens is 469 g/mol. The minimum absolute atomic E-state index is 0.129. The largest absolute Gasteiger partial charge is 0.493 e. The number of rotatable bonds is 7. The van der Waals surface area contributed by atoms with Crippen molar-refractivity contribution in [3.8, 4) is 21.9 Å². The fourth-order valence-corrected chi connectivity index (χ4v) is 5.87. The molecular formula is C26H26FN3O4S. The maximum atomic E-state index is 13.9. The molecule has 182 valence electrons. The fraction of sp³-hybridized carbons (Fsp3) is 0.346. The summed E-state index contributed by atoms with van der Waals surface area (Å²) in [6.07, 6.45) is 1.04. The molecule has 3 unspecified atom stereocenters. The lowest BCUT2D eigenvalue weighted by atomic mass is 10.1. The summed E-state index contributed by atoms with van der Waals surface area (Å²) in [4.78, 5) is 33.6. The number of thiazole rings is 1. The van der Waals surface area contributed by atoms with Crippen LogP contribution in [-0.2, 0) is 0 Å². The molecule has 0 spiro atoms. The first-order valence-corrected chi connectivity index (χ1v) is 12.3. The Morgan fingerprint density at radius 2 is 2.00 bits per heavy atom. The summed E-state index contributed by atoms with van der Waals surface area (Å²) in [5.41, 5.74) is 1.35. The Labute approximate surface area is 206 Å². The van der Waals surface area contributed by atoms with Crippen LogP contribution in [0.15, 0.2) is 42.5 Å². The first-order chi connectivity index (χ1) is 16.9. The van der Waals surface area contributed by atoms with Gasteiger partial charge in [-0.05, 0) is 55.0 Å². The van der Waals surface area contributed by atoms with Crippen molar-refractivity contribution >= 4 is 23.2 Å². The number of para-hydroxylation sites is 1. The zero-order valence-electron chi connectivity index (χ0n) is 19.7. The number of aryl methyl sites for hydroxylation is 1. The number of fused-ring (bicyclic) bond motifs is 1. The Hall–Kier alpha value is -3.46. The van der Waals surface area contributed by atoms with E-state index >= 15 is 0 Å². The predicted octanol–water partition coefficient (Wildman–Crippen LogP) is 4.17. The molecule has 1 saturated heterocycles. The molecule has 35 heavy (non-hydrogen) atoms. The van der Waals surface area contributed by atoms with E-state index in [-0.39, 0.29) is 23.7 Å². The average Bonchev–Trinajstić information content (AvgIpc) is 3.37. The number of benzene rings is 2. The highest BCUT2D eigenvalue weighted by Gasteiger charge is 2.54. The average molecular weight is 496 g/mol. The van der Waals surface area contributed by atoms with E-state index in [2.05, 4.69) is 10.3 Å². The Bertz CT molecular complexity index is 1290. The molecule has 5 rings (SSSR count). The quantitative estimate of drug-likeness (QED) is 0.532. The number of nitrogens with one attached hydrogen (secondary N) is 1. The predicted molar refractivity (Wildman–Crippen MR) is 131 cm³/mol. The van der Waals surface area contributed by atoms with Crippen LogP contribution in [0.5, 0.6) is 11.5 Å². The second kappa shape index (κ2) is 9.30. The monoisotopic (exact) mass is 495 g/mol. The van der Waals surface area contributed by atoms with Crippen molar-refractivity contribution in [2.45, 2.75) is 19.4 Å². The van der Waals surface area contributed by atoms with Gasteiger partial charge in [0.2, 0.25) is 0 Å². The summed E-state index contributed by atoms with van der Waals surface area (Å²) in [5.74, 6) is 0.801. The molecule has 2 aliphatic rings. The SMILES string of the molecule is COc1cccc(C(=O)NCC2C3CC3CN2C(=O)c2nc(C)sc2-c2cccc(F)c2)c1OC. The van der Waals surface area contributed by atoms with Gasteiger partial charge in [0.1, 0.15) is 11.5 Å². The molecule has 2 amide bonds. The van der Waals surface area contributed by atoms with Gasteiger partial charge in [0.15, 0.2) is 11.5 Å². The third-order valence-electron chi connectivity index (χ3n) is 6.71. The van der Waals surface area contributed by atoms with Crippen molar-refractivity contribution in [3.05, 3.63) is 64.5 Å². The lowest BCUT2D eigenvalue weighted by molar-refractivity contribution is 0.0690. The first kappa shape index (κ1) is 23.3. The lowest BCUT2D eigenvalue weighted by Gasteiger charge is -2.27. The lowest BCUT2D eigenvalue weighted by Crippen LogP contribution is -2.45. The number of aromatic nitrogens is 1. The van der Waals surface area contributed by atoms with Crippen molar-refractivity contribution in [3.63, 3.8) is 0 Å². The number of carbonyl (C=O) groups is 2. The van der Waals surface area contributed by atoms with Gasteiger partial charge in [-0.1, -0.05) is 18.2 Å². The van der Waals surface area contributed by atoms with Crippen LogP contribution >= 0.6 is 11.3 Å². The summed E-state index contributed by atoms with van der Waals surface area (Å²) in [6.45, 7) is 2.79. The number of hydrogen-bond donors (Lipinski definition) is 1. The van der Waals surface area contributed by atoms with Crippen LogP contribution in [-0.4, -0.2) is 55.0 Å². The molecule has 1 aromatic heterocycles. The molecule has 2 aromatic carbocycles. The number of hydrogen-bond acceptors (Lipinski definition) is 6. The van der Waals surface area contributed by atoms with E-state index in [4.69, 9.17) is 9.47 Å². The van der Waals surface area contributed by atoms with Crippen molar-refractivity contribution in [2.24, 2.45) is 11.8 Å². The van der Waals surface area contributed by atoms with E-state index in [0.717, 1.165) is 11.4 Å². The molecule has 1 saturated carbocycles. The standard InChI is InChI=1S/C26H26FN3O4S/c1-14-29-22(24(35-14)15-6-4-7-17(27)10-15)26(32)30-13-16-11-19(16)20(30)12-28-25(31)18-8-5-9-21(33-2)23(18)34-3/h4-10,16,19-20H,11-13H2,1-3H3,(H,28,31). The van der Waals surface area contributed by atoms with Crippen LogP contribution < -0.4 is 14.8 Å². The maximum absolute atomic E-state index is 13.9. The third-order valence-corrected chi connectivity index (χ3v) is 7.73. The van der Waals surface area contributed by atoms with E-state index < -0.39 is 0 Å². The van der Waals surface area contributed by atoms with E-state index in [1.165, 1.54) is 37.7 Å². The number of nitrogens with zero attached hydrogens (tertiary/aromatic N) is 2. The van der Waals surface area contributed by atoms with Crippen molar-refractivity contribution in [1.29, 1.82) is 0 Å². The number of halogens is 1. The van der Waals surface area contributed by atoms with Crippen molar-refractivity contribution in [1.82, 2.24) is 15.2 Å². The van der Waals surface area contributed by atoms with Gasteiger partial charge in [-0.15, -0.1) is 11.3 Å². The zero-order chi connectivity index (χ0) is 24.7. The number of likely N-dealkylation sites (tertiary alicyclic amines) is 1. The highest BCUT2D eigenvalue weighted by Crippen LogP contribution is 2.50. The highest BCUT2D eigenvalue weighted by molar-refractivity contribution is 7.15. The van der Waals surface area contributed by atoms with Gasteiger partial charge in [-0.2, -0.15) is 0 Å². The molecule has 1 aliphatic heterocycles. The zero-order valence-corrected chi connectivity index (χ0v) is 20.5. The Kier molecular flexibility index (Phi) is 6.19. The highest BCUT2D eigenvalue weighted by atomic mass is 32.1. The molecule has 3 aromatic rings. The summed E-state index contributed by atoms with van der Waals surface area (Å²) in [6, 6.07) is 11.2. The van der Waals surface area contributed by atoms with Crippen LogP contribution in [0.3, 0.4) is 0 Å². The van der Waals surface area contributed by atoms with Gasteiger partial charge < -0.3 is 19.7 Å². The van der Waals surface area contributed by atoms with Gasteiger partial charge in [-0.25, -0.2) is 9.37 Å². The van der Waals surface area contributed by atoms with Crippen LogP contribution in [0.25, 0.3) is 10.4 Å². The van der Waals surface area contributed by atoms with Crippen LogP contribution in [0.1, 0.15) is 32.3 Å². The van der Waals surface area contributed by atoms with Gasteiger partial charge in [0.25, 0.3) is 11.8 Å². The molecule has 9 heteroatoms. The molecule has 0 bridgehead atoms. The van der Waals surface area contributed by atoms with Crippen LogP contribution in [0.4, 0.5) is 4.39 Å². The minimum atomic E-state index is -0.358. The van der Waals surface area contributed by atoms with Crippen LogP contribution in [0.2, 0.25) is 0 Å². The van der Waals surface area contributed by atoms with Crippen LogP contribution in [0, 0.1) is 24.6 Å². The van der Waals surface area contributed by atoms with E-state index in [0.29, 0.717) is 58.1 Å². The normalized spacial score (nSPS) is 20.3. The second-order valence-corrected chi connectivity index (χ2v) is 10.1. The third kappa shape index (κ3) is 4.36. The molecule has 1 aliphatic carbocycles. The summed E-state index contributed by atoms with van der Waals surface area (Å²) in [7, 11) is 3.01. The summed E-state index contributed by atoms with van der Waals surface area (Å²) < 4.78 is 24.5. The minimum Gasteiger partial charge on any atom is -0.493 e. The molecule has 7 nitrogen and oxygen atoms in total. The Morgan fingerprint density at radius 3 is 2.74 bits per heavy atom. The fourth-order valence-electron chi connectivity index (χ4n) is 4.96. The van der Waals surface area contributed by atoms with E-state index in [1.54, 1.807) is 30.3 Å². The molecule has 1 N–H and O–H groups in total. The van der Waals surface area contributed by atoms with Crippen molar-refractivity contribution in [2.75, 3.05) is 27.3 Å². The summed E-state index contributed by atoms with van der Waals surface area (Å²) >= 11 is 1.38. The topological polar surface area (TPSA) is 80.8 Å². The number of carbonyl (C=O) groups excluding carboxylic acids is 2. The van der Waals surface area contributed by atoms with E-state index in [1.807, 2.05) is 11.8 Å². The van der Waals surface area contributed by atoms with Gasteiger partial charge >= 0.3 is 0 Å². The van der Waals surface area contributed by atoms with Gasteiger partial charge in [-0.3, -0.25) is 9.59 Å². The molecule has 2 heterocycles. The van der Waals surface area contributed by atoms with Gasteiger partial charge in [0, 0.05) is 13.1 Å². The Balaban J connectivity index is 1.36. The van der Waals surface area contributed by atoms with E-state index in [9.17, 15) is 14.0 Å². The number of methoxy groups -OCH3 is 2. The number of piperidine rings is 1. The van der Waals surface area contributed by atoms with Crippen molar-refractivity contribution < 1.29 is 23.5 Å². The Morgan fingerprint density at radius 1 is 1.20 bits per heavy atom. The van der Waals surface area contributed by atoms with Gasteiger partial charge in [0.05, 0.1) is 35.7 Å². The molecule has 0 radical (unpaired) electrons. The second-order valence-electron chi connectivity index (χ2n) is 8.86. The summed E-state index contributed by atoms with van der Waals surface area (Å²) in [5, 5.41) is 3.73. The smallest absolute Gasteiger partial charge is 0.274 e.